The van der Waals surface area contributed by atoms with Crippen molar-refractivity contribution in [2.45, 2.75) is 44.4 Å². The van der Waals surface area contributed by atoms with Gasteiger partial charge in [-0.2, -0.15) is 0 Å². The van der Waals surface area contributed by atoms with Crippen LogP contribution in [0.5, 0.6) is 0 Å². The van der Waals surface area contributed by atoms with Crippen molar-refractivity contribution in [3.63, 3.8) is 0 Å². The van der Waals surface area contributed by atoms with Crippen molar-refractivity contribution in [3.8, 4) is 0 Å². The Morgan fingerprint density at radius 2 is 2.20 bits per heavy atom. The number of hydrogen-bond donors (Lipinski definition) is 1. The quantitative estimate of drug-likeness (QED) is 0.906. The highest BCUT2D eigenvalue weighted by Gasteiger charge is 2.37. The number of carbonyl (C=O) groups excluding carboxylic acids is 1. The Kier molecular flexibility index (Phi) is 5.07. The molecule has 2 aliphatic rings. The maximum Gasteiger partial charge on any atom is 0.257 e. The summed E-state index contributed by atoms with van der Waals surface area (Å²) >= 11 is 0. The Morgan fingerprint density at radius 1 is 1.40 bits per heavy atom. The van der Waals surface area contributed by atoms with E-state index in [-0.39, 0.29) is 30.5 Å². The number of amides is 1. The highest BCUT2D eigenvalue weighted by atomic mass is 35.5. The molecule has 1 amide bonds. The maximum atomic E-state index is 12.6. The lowest BCUT2D eigenvalue weighted by molar-refractivity contribution is -0.0752. The minimum Gasteiger partial charge on any atom is -0.467 e. The fourth-order valence-electron chi connectivity index (χ4n) is 3.11. The van der Waals surface area contributed by atoms with Gasteiger partial charge >= 0.3 is 0 Å². The van der Waals surface area contributed by atoms with Gasteiger partial charge in [-0.15, -0.1) is 12.4 Å². The molecule has 2 fully saturated rings. The van der Waals surface area contributed by atoms with Crippen molar-refractivity contribution in [2.24, 2.45) is 5.73 Å². The molecule has 2 atom stereocenters. The number of ether oxygens (including phenoxy) is 1. The Morgan fingerprint density at radius 3 is 2.95 bits per heavy atom. The number of halogens is 1. The number of hydrogen-bond acceptors (Lipinski definition) is 4. The van der Waals surface area contributed by atoms with Gasteiger partial charge in [0.15, 0.2) is 0 Å². The van der Waals surface area contributed by atoms with Crippen molar-refractivity contribution in [1.82, 2.24) is 4.90 Å². The normalized spacial score (nSPS) is 25.8. The molecule has 1 aromatic heterocycles. The molecule has 2 unspecified atom stereocenters. The van der Waals surface area contributed by atoms with Crippen LogP contribution in [0.1, 0.15) is 41.8 Å². The standard InChI is InChI=1S/C14H20N2O3.ClH/c15-8-11-7-10(9-19-11)14(17)16-5-6-18-13-4-2-1-3-12(13)16;/h7,9,12-13H,1-6,8,15H2;1H. The molecule has 20 heavy (non-hydrogen) atoms. The molecule has 6 heteroatoms. The SMILES string of the molecule is Cl.NCc1cc(C(=O)N2CCOC3CCCCC32)co1. The largest absolute Gasteiger partial charge is 0.467 e. The molecule has 1 saturated heterocycles. The van der Waals surface area contributed by atoms with E-state index in [4.69, 9.17) is 14.9 Å². The molecule has 0 bridgehead atoms. The van der Waals surface area contributed by atoms with Gasteiger partial charge in [0.2, 0.25) is 0 Å². The molecule has 0 aromatic carbocycles. The second kappa shape index (κ2) is 6.61. The molecule has 112 valence electrons. The summed E-state index contributed by atoms with van der Waals surface area (Å²) in [7, 11) is 0. The predicted molar refractivity (Wildman–Crippen MR) is 76.9 cm³/mol. The van der Waals surface area contributed by atoms with Gasteiger partial charge < -0.3 is 19.8 Å². The molecular weight excluding hydrogens is 280 g/mol. The van der Waals surface area contributed by atoms with Crippen molar-refractivity contribution in [2.75, 3.05) is 13.2 Å². The molecule has 5 nitrogen and oxygen atoms in total. The Hall–Kier alpha value is -1.04. The summed E-state index contributed by atoms with van der Waals surface area (Å²) in [6, 6.07) is 1.97. The summed E-state index contributed by atoms with van der Waals surface area (Å²) in [4.78, 5) is 14.5. The summed E-state index contributed by atoms with van der Waals surface area (Å²) in [5.41, 5.74) is 6.11. The van der Waals surface area contributed by atoms with Gasteiger partial charge in [0.1, 0.15) is 12.0 Å². The molecule has 1 aromatic rings. The average molecular weight is 301 g/mol. The van der Waals surface area contributed by atoms with Gasteiger partial charge in [-0.25, -0.2) is 0 Å². The zero-order chi connectivity index (χ0) is 13.2. The summed E-state index contributed by atoms with van der Waals surface area (Å²) in [6.45, 7) is 1.63. The van der Waals surface area contributed by atoms with Crippen LogP contribution in [0.25, 0.3) is 0 Å². The van der Waals surface area contributed by atoms with E-state index < -0.39 is 0 Å². The summed E-state index contributed by atoms with van der Waals surface area (Å²) in [5.74, 6) is 0.695. The molecule has 0 spiro atoms. The van der Waals surface area contributed by atoms with Crippen LogP contribution in [0.15, 0.2) is 16.7 Å². The van der Waals surface area contributed by atoms with Crippen LogP contribution in [0.2, 0.25) is 0 Å². The van der Waals surface area contributed by atoms with Crippen molar-refractivity contribution in [1.29, 1.82) is 0 Å². The van der Waals surface area contributed by atoms with Crippen LogP contribution >= 0.6 is 12.4 Å². The first kappa shape index (κ1) is 15.4. The lowest BCUT2D eigenvalue weighted by Crippen LogP contribution is -2.54. The first-order valence-electron chi connectivity index (χ1n) is 6.99. The highest BCUT2D eigenvalue weighted by Crippen LogP contribution is 2.29. The van der Waals surface area contributed by atoms with Gasteiger partial charge in [-0.05, 0) is 18.9 Å². The van der Waals surface area contributed by atoms with Gasteiger partial charge in [-0.3, -0.25) is 4.79 Å². The number of fused-ring (bicyclic) bond motifs is 1. The Labute approximate surface area is 124 Å². The number of carbonyl (C=O) groups is 1. The van der Waals surface area contributed by atoms with Gasteiger partial charge in [0.25, 0.3) is 5.91 Å². The highest BCUT2D eigenvalue weighted by molar-refractivity contribution is 5.94. The summed E-state index contributed by atoms with van der Waals surface area (Å²) in [6.07, 6.45) is 6.20. The smallest absolute Gasteiger partial charge is 0.257 e. The van der Waals surface area contributed by atoms with Crippen LogP contribution in [0.3, 0.4) is 0 Å². The monoisotopic (exact) mass is 300 g/mol. The van der Waals surface area contributed by atoms with E-state index in [0.717, 1.165) is 12.8 Å². The summed E-state index contributed by atoms with van der Waals surface area (Å²) in [5, 5.41) is 0. The Bertz CT molecular complexity index is 461. The molecule has 2 heterocycles. The number of furan rings is 1. The third-order valence-electron chi connectivity index (χ3n) is 4.09. The van der Waals surface area contributed by atoms with Crippen molar-refractivity contribution < 1.29 is 13.9 Å². The van der Waals surface area contributed by atoms with Crippen LogP contribution < -0.4 is 5.73 Å². The van der Waals surface area contributed by atoms with E-state index in [0.29, 0.717) is 31.0 Å². The molecule has 0 radical (unpaired) electrons. The van der Waals surface area contributed by atoms with Gasteiger partial charge in [0.05, 0.1) is 30.9 Å². The third-order valence-corrected chi connectivity index (χ3v) is 4.09. The zero-order valence-corrected chi connectivity index (χ0v) is 12.2. The van der Waals surface area contributed by atoms with Crippen molar-refractivity contribution >= 4 is 18.3 Å². The van der Waals surface area contributed by atoms with E-state index in [2.05, 4.69) is 0 Å². The van der Waals surface area contributed by atoms with Crippen LogP contribution in [-0.2, 0) is 11.3 Å². The first-order valence-corrected chi connectivity index (χ1v) is 6.99. The third kappa shape index (κ3) is 2.85. The maximum absolute atomic E-state index is 12.6. The molecule has 3 rings (SSSR count). The molecule has 1 saturated carbocycles. The zero-order valence-electron chi connectivity index (χ0n) is 11.4. The number of rotatable bonds is 2. The first-order chi connectivity index (χ1) is 9.29. The molecular formula is C14H21ClN2O3. The lowest BCUT2D eigenvalue weighted by Gasteiger charge is -2.43. The number of nitrogens with zero attached hydrogens (tertiary/aromatic N) is 1. The van der Waals surface area contributed by atoms with Gasteiger partial charge in [-0.1, -0.05) is 12.8 Å². The minimum atomic E-state index is 0. The number of nitrogens with two attached hydrogens (primary N) is 1. The van der Waals surface area contributed by atoms with E-state index in [1.54, 1.807) is 6.07 Å². The lowest BCUT2D eigenvalue weighted by atomic mass is 9.90. The van der Waals surface area contributed by atoms with Crippen LogP contribution in [0, 0.1) is 0 Å². The van der Waals surface area contributed by atoms with Crippen LogP contribution in [-0.4, -0.2) is 36.1 Å². The minimum absolute atomic E-state index is 0. The molecule has 1 aliphatic carbocycles. The van der Waals surface area contributed by atoms with Crippen LogP contribution in [0.4, 0.5) is 0 Å². The van der Waals surface area contributed by atoms with E-state index in [1.165, 1.54) is 19.1 Å². The average Bonchev–Trinajstić information content (AvgIpc) is 2.95. The fraction of sp³-hybridized carbons (Fsp3) is 0.643. The summed E-state index contributed by atoms with van der Waals surface area (Å²) < 4.78 is 11.0. The van der Waals surface area contributed by atoms with E-state index in [1.807, 2.05) is 4.90 Å². The van der Waals surface area contributed by atoms with Crippen molar-refractivity contribution in [3.05, 3.63) is 23.7 Å². The van der Waals surface area contributed by atoms with E-state index in [9.17, 15) is 4.79 Å². The predicted octanol–water partition coefficient (Wildman–Crippen LogP) is 1.94. The van der Waals surface area contributed by atoms with E-state index >= 15 is 0 Å². The van der Waals surface area contributed by atoms with Gasteiger partial charge in [0, 0.05) is 6.54 Å². The second-order valence-electron chi connectivity index (χ2n) is 5.27. The molecule has 1 aliphatic heterocycles. The number of morpholine rings is 1. The second-order valence-corrected chi connectivity index (χ2v) is 5.27. The Balaban J connectivity index is 0.00000147. The fourth-order valence-corrected chi connectivity index (χ4v) is 3.11. The topological polar surface area (TPSA) is 68.7 Å². The molecule has 2 N–H and O–H groups in total.